The van der Waals surface area contributed by atoms with E-state index in [-0.39, 0.29) is 36.1 Å². The Morgan fingerprint density at radius 3 is 2.46 bits per heavy atom. The summed E-state index contributed by atoms with van der Waals surface area (Å²) in [5.74, 6) is 1.42. The van der Waals surface area contributed by atoms with Crippen molar-refractivity contribution in [3.63, 3.8) is 0 Å². The fraction of sp³-hybridized carbons (Fsp3) is 0.300. The lowest BCUT2D eigenvalue weighted by Crippen LogP contribution is -2.41. The zero-order valence-corrected chi connectivity index (χ0v) is 16.9. The summed E-state index contributed by atoms with van der Waals surface area (Å²) in [6, 6.07) is 12.9. The van der Waals surface area contributed by atoms with Gasteiger partial charge >= 0.3 is 0 Å². The van der Waals surface area contributed by atoms with Crippen molar-refractivity contribution in [3.8, 4) is 0 Å². The number of hydrogen-bond acceptors (Lipinski definition) is 4. The first-order valence-corrected chi connectivity index (χ1v) is 9.99. The number of amides is 2. The van der Waals surface area contributed by atoms with E-state index in [1.807, 2.05) is 23.9 Å². The van der Waals surface area contributed by atoms with Gasteiger partial charge < -0.3 is 16.0 Å². The van der Waals surface area contributed by atoms with Gasteiger partial charge in [0.05, 0.1) is 0 Å². The maximum absolute atomic E-state index is 12.9. The number of hydrogen-bond donors (Lipinski definition) is 3. The molecule has 1 fully saturated rings. The van der Waals surface area contributed by atoms with Crippen LogP contribution in [0.15, 0.2) is 48.5 Å². The van der Waals surface area contributed by atoms with Gasteiger partial charge in [0.1, 0.15) is 5.82 Å². The monoisotopic (exact) mass is 423 g/mol. The molecule has 3 N–H and O–H groups in total. The smallest absolute Gasteiger partial charge is 0.255 e. The number of carbonyl (C=O) groups is 2. The molecule has 0 saturated carbocycles. The average Bonchev–Trinajstić information content (AvgIpc) is 2.69. The van der Waals surface area contributed by atoms with Crippen molar-refractivity contribution in [1.29, 1.82) is 0 Å². The van der Waals surface area contributed by atoms with Crippen molar-refractivity contribution in [2.45, 2.75) is 19.0 Å². The van der Waals surface area contributed by atoms with Gasteiger partial charge in [-0.15, -0.1) is 12.4 Å². The molecule has 0 spiro atoms. The first-order valence-electron chi connectivity index (χ1n) is 8.84. The molecular formula is C20H23ClFN3O2S. The molecule has 8 heteroatoms. The van der Waals surface area contributed by atoms with Gasteiger partial charge in [0.15, 0.2) is 0 Å². The largest absolute Gasteiger partial charge is 0.352 e. The Morgan fingerprint density at radius 2 is 1.82 bits per heavy atom. The first kappa shape index (κ1) is 22.2. The summed E-state index contributed by atoms with van der Waals surface area (Å²) in [4.78, 5) is 24.2. The Morgan fingerprint density at radius 1 is 1.11 bits per heavy atom. The minimum atomic E-state index is -0.379. The van der Waals surface area contributed by atoms with Crippen molar-refractivity contribution >= 4 is 41.7 Å². The zero-order chi connectivity index (χ0) is 19.1. The Hall–Kier alpha value is -2.09. The number of nitrogens with one attached hydrogen (secondary N) is 3. The van der Waals surface area contributed by atoms with Gasteiger partial charge in [0.2, 0.25) is 5.91 Å². The van der Waals surface area contributed by atoms with Crippen molar-refractivity contribution in [2.24, 2.45) is 0 Å². The van der Waals surface area contributed by atoms with Crippen LogP contribution in [0.5, 0.6) is 0 Å². The van der Waals surface area contributed by atoms with Gasteiger partial charge in [-0.3, -0.25) is 9.59 Å². The van der Waals surface area contributed by atoms with Crippen molar-refractivity contribution in [2.75, 3.05) is 23.4 Å². The molecule has 2 aromatic rings. The van der Waals surface area contributed by atoms with Gasteiger partial charge in [-0.25, -0.2) is 4.39 Å². The molecule has 28 heavy (non-hydrogen) atoms. The Kier molecular flexibility index (Phi) is 8.76. The fourth-order valence-electron chi connectivity index (χ4n) is 2.76. The van der Waals surface area contributed by atoms with Gasteiger partial charge in [-0.05, 0) is 42.0 Å². The summed E-state index contributed by atoms with van der Waals surface area (Å²) >= 11 is 1.87. The van der Waals surface area contributed by atoms with Crippen LogP contribution in [0.25, 0.3) is 0 Å². The molecule has 1 atom stereocenters. The van der Waals surface area contributed by atoms with E-state index in [0.29, 0.717) is 24.2 Å². The average molecular weight is 424 g/mol. The molecule has 0 bridgehead atoms. The number of rotatable bonds is 6. The molecule has 1 saturated heterocycles. The fourth-order valence-corrected chi connectivity index (χ4v) is 3.71. The SMILES string of the molecule is Cl.O=C(CC1CSCCN1)NCc1ccc(NC(=O)c2ccc(F)cc2)cc1. The van der Waals surface area contributed by atoms with Crippen LogP contribution in [0, 0.1) is 5.82 Å². The van der Waals surface area contributed by atoms with E-state index in [2.05, 4.69) is 16.0 Å². The van der Waals surface area contributed by atoms with Crippen LogP contribution in [-0.2, 0) is 11.3 Å². The molecule has 2 aromatic carbocycles. The zero-order valence-electron chi connectivity index (χ0n) is 15.2. The second kappa shape index (κ2) is 11.0. The third-order valence-corrected chi connectivity index (χ3v) is 5.37. The lowest BCUT2D eigenvalue weighted by molar-refractivity contribution is -0.121. The van der Waals surface area contributed by atoms with E-state index in [9.17, 15) is 14.0 Å². The standard InChI is InChI=1S/C20H22FN3O2S.ClH/c21-16-5-3-15(4-6-16)20(26)24-17-7-1-14(2-8-17)12-23-19(25)11-18-13-27-10-9-22-18;/h1-8,18,22H,9-13H2,(H,23,25)(H,24,26);1H. The Labute approximate surface area is 174 Å². The molecule has 0 aliphatic carbocycles. The molecular weight excluding hydrogens is 401 g/mol. The first-order chi connectivity index (χ1) is 13.1. The van der Waals surface area contributed by atoms with E-state index in [1.54, 1.807) is 12.1 Å². The van der Waals surface area contributed by atoms with Crippen LogP contribution in [0.1, 0.15) is 22.3 Å². The summed E-state index contributed by atoms with van der Waals surface area (Å²) < 4.78 is 12.9. The van der Waals surface area contributed by atoms with Gasteiger partial charge in [-0.1, -0.05) is 12.1 Å². The van der Waals surface area contributed by atoms with Crippen LogP contribution < -0.4 is 16.0 Å². The maximum Gasteiger partial charge on any atom is 0.255 e. The van der Waals surface area contributed by atoms with Crippen molar-refractivity contribution in [3.05, 3.63) is 65.5 Å². The third-order valence-electron chi connectivity index (χ3n) is 4.24. The minimum absolute atomic E-state index is 0. The summed E-state index contributed by atoms with van der Waals surface area (Å²) in [6.45, 7) is 1.40. The predicted molar refractivity (Wildman–Crippen MR) is 114 cm³/mol. The van der Waals surface area contributed by atoms with Gasteiger partial charge in [0.25, 0.3) is 5.91 Å². The van der Waals surface area contributed by atoms with Crippen LogP contribution in [0.2, 0.25) is 0 Å². The Balaban J connectivity index is 0.00000280. The van der Waals surface area contributed by atoms with E-state index in [1.165, 1.54) is 24.3 Å². The maximum atomic E-state index is 12.9. The molecule has 2 amide bonds. The van der Waals surface area contributed by atoms with E-state index in [0.717, 1.165) is 23.6 Å². The quantitative estimate of drug-likeness (QED) is 0.667. The van der Waals surface area contributed by atoms with E-state index >= 15 is 0 Å². The summed E-state index contributed by atoms with van der Waals surface area (Å²) in [7, 11) is 0. The third kappa shape index (κ3) is 6.82. The normalized spacial score (nSPS) is 16.0. The molecule has 0 radical (unpaired) electrons. The molecule has 1 heterocycles. The highest BCUT2D eigenvalue weighted by molar-refractivity contribution is 7.99. The van der Waals surface area contributed by atoms with Crippen LogP contribution in [0.3, 0.4) is 0 Å². The second-order valence-electron chi connectivity index (χ2n) is 6.36. The highest BCUT2D eigenvalue weighted by Gasteiger charge is 2.16. The summed E-state index contributed by atoms with van der Waals surface area (Å²) in [5, 5.41) is 9.04. The van der Waals surface area contributed by atoms with Crippen LogP contribution >= 0.6 is 24.2 Å². The molecule has 0 aromatic heterocycles. The van der Waals surface area contributed by atoms with E-state index < -0.39 is 0 Å². The predicted octanol–water partition coefficient (Wildman–Crippen LogP) is 3.21. The Bertz CT molecular complexity index is 781. The topological polar surface area (TPSA) is 70.2 Å². The summed E-state index contributed by atoms with van der Waals surface area (Å²) in [6.07, 6.45) is 0.485. The minimum Gasteiger partial charge on any atom is -0.352 e. The van der Waals surface area contributed by atoms with Crippen LogP contribution in [0.4, 0.5) is 10.1 Å². The van der Waals surface area contributed by atoms with Crippen molar-refractivity contribution in [1.82, 2.24) is 10.6 Å². The van der Waals surface area contributed by atoms with Gasteiger partial charge in [-0.2, -0.15) is 11.8 Å². The molecule has 150 valence electrons. The second-order valence-corrected chi connectivity index (χ2v) is 7.51. The van der Waals surface area contributed by atoms with E-state index in [4.69, 9.17) is 0 Å². The highest BCUT2D eigenvalue weighted by atomic mass is 35.5. The number of carbonyl (C=O) groups excluding carboxylic acids is 2. The molecule has 1 aliphatic heterocycles. The number of thioether (sulfide) groups is 1. The number of halogens is 2. The summed E-state index contributed by atoms with van der Waals surface area (Å²) in [5.41, 5.74) is 1.99. The number of benzene rings is 2. The highest BCUT2D eigenvalue weighted by Crippen LogP contribution is 2.13. The molecule has 3 rings (SSSR count). The molecule has 5 nitrogen and oxygen atoms in total. The van der Waals surface area contributed by atoms with Crippen LogP contribution in [-0.4, -0.2) is 35.9 Å². The van der Waals surface area contributed by atoms with Gasteiger partial charge in [0, 0.05) is 48.3 Å². The number of anilines is 1. The lowest BCUT2D eigenvalue weighted by atomic mass is 10.1. The lowest BCUT2D eigenvalue weighted by Gasteiger charge is -2.22. The van der Waals surface area contributed by atoms with Crippen molar-refractivity contribution < 1.29 is 14.0 Å². The molecule has 1 unspecified atom stereocenters. The molecule has 1 aliphatic rings.